The SMILES string of the molecule is COc1ccc(S(=O)(=O)N[C@H](Cc2ccccc2)C(=O)Nc2cc(Cl)ccc2Oc2ccccc2)cc1Cl. The van der Waals surface area contributed by atoms with Crippen LogP contribution in [0.2, 0.25) is 10.0 Å². The van der Waals surface area contributed by atoms with Gasteiger partial charge in [0.2, 0.25) is 15.9 Å². The molecule has 0 spiro atoms. The molecule has 4 aromatic carbocycles. The van der Waals surface area contributed by atoms with Crippen molar-refractivity contribution < 1.29 is 22.7 Å². The van der Waals surface area contributed by atoms with Crippen molar-refractivity contribution in [3.05, 3.63) is 113 Å². The van der Waals surface area contributed by atoms with Crippen molar-refractivity contribution in [3.8, 4) is 17.2 Å². The van der Waals surface area contributed by atoms with E-state index in [1.165, 1.54) is 31.4 Å². The Labute approximate surface area is 231 Å². The molecule has 0 fully saturated rings. The van der Waals surface area contributed by atoms with E-state index in [0.29, 0.717) is 22.3 Å². The quantitative estimate of drug-likeness (QED) is 0.232. The zero-order chi connectivity index (χ0) is 27.1. The van der Waals surface area contributed by atoms with Crippen LogP contribution in [0.25, 0.3) is 0 Å². The molecule has 38 heavy (non-hydrogen) atoms. The Balaban J connectivity index is 1.63. The Morgan fingerprint density at radius 3 is 2.18 bits per heavy atom. The van der Waals surface area contributed by atoms with Crippen LogP contribution in [0.5, 0.6) is 17.2 Å². The number of rotatable bonds is 10. The molecule has 0 aliphatic carbocycles. The highest BCUT2D eigenvalue weighted by Crippen LogP contribution is 2.32. The van der Waals surface area contributed by atoms with Crippen LogP contribution < -0.4 is 19.5 Å². The first-order valence-corrected chi connectivity index (χ1v) is 13.7. The number of sulfonamides is 1. The molecular weight excluding hydrogens is 547 g/mol. The number of carbonyl (C=O) groups is 1. The maximum absolute atomic E-state index is 13.5. The maximum Gasteiger partial charge on any atom is 0.243 e. The zero-order valence-corrected chi connectivity index (χ0v) is 22.6. The first-order chi connectivity index (χ1) is 18.2. The van der Waals surface area contributed by atoms with E-state index in [-0.39, 0.29) is 22.0 Å². The van der Waals surface area contributed by atoms with Crippen molar-refractivity contribution in [1.29, 1.82) is 0 Å². The molecule has 0 bridgehead atoms. The van der Waals surface area contributed by atoms with E-state index in [4.69, 9.17) is 32.7 Å². The summed E-state index contributed by atoms with van der Waals surface area (Å²) in [5.41, 5.74) is 1.05. The van der Waals surface area contributed by atoms with Crippen LogP contribution in [0.3, 0.4) is 0 Å². The first-order valence-electron chi connectivity index (χ1n) is 11.5. The topological polar surface area (TPSA) is 93.7 Å². The van der Waals surface area contributed by atoms with Crippen molar-refractivity contribution in [2.24, 2.45) is 0 Å². The number of halogens is 2. The van der Waals surface area contributed by atoms with E-state index >= 15 is 0 Å². The Hall–Kier alpha value is -3.56. The van der Waals surface area contributed by atoms with Crippen LogP contribution in [0.4, 0.5) is 5.69 Å². The van der Waals surface area contributed by atoms with Crippen molar-refractivity contribution in [2.75, 3.05) is 12.4 Å². The fraction of sp³-hybridized carbons (Fsp3) is 0.107. The second-order valence-corrected chi connectivity index (χ2v) is 10.8. The molecule has 0 aliphatic rings. The molecule has 4 aromatic rings. The van der Waals surface area contributed by atoms with Crippen LogP contribution in [0.15, 0.2) is 102 Å². The number of hydrogen-bond donors (Lipinski definition) is 2. The normalized spacial score (nSPS) is 12.0. The van der Waals surface area contributed by atoms with Gasteiger partial charge < -0.3 is 14.8 Å². The second-order valence-electron chi connectivity index (χ2n) is 8.20. The summed E-state index contributed by atoms with van der Waals surface area (Å²) in [4.78, 5) is 13.4. The predicted octanol–water partition coefficient (Wildman–Crippen LogP) is 6.32. The van der Waals surface area contributed by atoms with E-state index in [9.17, 15) is 13.2 Å². The maximum atomic E-state index is 13.5. The van der Waals surface area contributed by atoms with Crippen LogP contribution in [-0.4, -0.2) is 27.5 Å². The van der Waals surface area contributed by atoms with Gasteiger partial charge in [-0.1, -0.05) is 71.7 Å². The third-order valence-electron chi connectivity index (χ3n) is 5.50. The monoisotopic (exact) mass is 570 g/mol. The number of methoxy groups -OCH3 is 1. The molecular formula is C28H24Cl2N2O5S. The Kier molecular flexibility index (Phi) is 8.91. The minimum atomic E-state index is -4.14. The lowest BCUT2D eigenvalue weighted by atomic mass is 10.1. The van der Waals surface area contributed by atoms with Gasteiger partial charge >= 0.3 is 0 Å². The standard InChI is InChI=1S/C28H24Cl2N2O5S/c1-36-26-15-13-22(18-23(26)30)38(34,35)32-25(16-19-8-4-2-5-9-19)28(33)31-24-17-20(29)12-14-27(24)37-21-10-6-3-7-11-21/h2-15,17-18,25,32H,16H2,1H3,(H,31,33)/t25-/m1/s1. The van der Waals surface area contributed by atoms with E-state index in [0.717, 1.165) is 5.56 Å². The molecule has 7 nitrogen and oxygen atoms in total. The molecule has 10 heteroatoms. The summed E-state index contributed by atoms with van der Waals surface area (Å²) in [7, 11) is -2.71. The highest BCUT2D eigenvalue weighted by atomic mass is 35.5. The van der Waals surface area contributed by atoms with Gasteiger partial charge in [-0.25, -0.2) is 8.42 Å². The minimum Gasteiger partial charge on any atom is -0.495 e. The van der Waals surface area contributed by atoms with Crippen LogP contribution in [-0.2, 0) is 21.2 Å². The summed E-state index contributed by atoms with van der Waals surface area (Å²) in [6.45, 7) is 0. The average Bonchev–Trinajstić information content (AvgIpc) is 2.91. The van der Waals surface area contributed by atoms with Gasteiger partial charge in [0.05, 0.1) is 22.7 Å². The smallest absolute Gasteiger partial charge is 0.243 e. The van der Waals surface area contributed by atoms with Crippen LogP contribution in [0, 0.1) is 0 Å². The summed E-state index contributed by atoms with van der Waals surface area (Å²) in [6, 6.07) is 25.8. The lowest BCUT2D eigenvalue weighted by molar-refractivity contribution is -0.117. The average molecular weight is 571 g/mol. The lowest BCUT2D eigenvalue weighted by Gasteiger charge is -2.20. The van der Waals surface area contributed by atoms with Gasteiger partial charge in [0.15, 0.2) is 5.75 Å². The molecule has 4 rings (SSSR count). The van der Waals surface area contributed by atoms with Gasteiger partial charge in [-0.2, -0.15) is 4.72 Å². The Bertz CT molecular complexity index is 1520. The first kappa shape index (κ1) is 27.5. The highest BCUT2D eigenvalue weighted by molar-refractivity contribution is 7.89. The molecule has 1 amide bonds. The molecule has 0 saturated heterocycles. The fourth-order valence-corrected chi connectivity index (χ4v) is 5.35. The number of para-hydroxylation sites is 1. The number of amides is 1. The molecule has 0 aromatic heterocycles. The van der Waals surface area contributed by atoms with E-state index in [2.05, 4.69) is 10.0 Å². The Morgan fingerprint density at radius 2 is 1.53 bits per heavy atom. The Morgan fingerprint density at radius 1 is 0.868 bits per heavy atom. The lowest BCUT2D eigenvalue weighted by Crippen LogP contribution is -2.45. The number of benzene rings is 4. The molecule has 0 radical (unpaired) electrons. The molecule has 0 unspecified atom stereocenters. The summed E-state index contributed by atoms with van der Waals surface area (Å²) < 4.78 is 40.1. The molecule has 0 heterocycles. The fourth-order valence-electron chi connectivity index (χ4n) is 3.63. The van der Waals surface area contributed by atoms with Gasteiger partial charge in [-0.15, -0.1) is 0 Å². The van der Waals surface area contributed by atoms with Crippen molar-refractivity contribution in [2.45, 2.75) is 17.4 Å². The van der Waals surface area contributed by atoms with Crippen molar-refractivity contribution in [1.82, 2.24) is 4.72 Å². The summed E-state index contributed by atoms with van der Waals surface area (Å²) in [5.74, 6) is 0.633. The van der Waals surface area contributed by atoms with Gasteiger partial charge in [0.25, 0.3) is 0 Å². The highest BCUT2D eigenvalue weighted by Gasteiger charge is 2.27. The number of nitrogens with one attached hydrogen (secondary N) is 2. The van der Waals surface area contributed by atoms with Crippen LogP contribution >= 0.6 is 23.2 Å². The number of anilines is 1. The minimum absolute atomic E-state index is 0.0885. The van der Waals surface area contributed by atoms with Crippen molar-refractivity contribution in [3.63, 3.8) is 0 Å². The summed E-state index contributed by atoms with van der Waals surface area (Å²) in [5, 5.41) is 3.27. The summed E-state index contributed by atoms with van der Waals surface area (Å²) in [6.07, 6.45) is 0.0885. The zero-order valence-electron chi connectivity index (χ0n) is 20.2. The second kappa shape index (κ2) is 12.3. The van der Waals surface area contributed by atoms with E-state index in [1.54, 1.807) is 24.3 Å². The van der Waals surface area contributed by atoms with Gasteiger partial charge in [-0.3, -0.25) is 4.79 Å². The van der Waals surface area contributed by atoms with Gasteiger partial charge in [-0.05, 0) is 60.5 Å². The third kappa shape index (κ3) is 7.05. The molecule has 1 atom stereocenters. The largest absolute Gasteiger partial charge is 0.495 e. The van der Waals surface area contributed by atoms with Gasteiger partial charge in [0.1, 0.15) is 17.5 Å². The number of carbonyl (C=O) groups excluding carboxylic acids is 1. The molecule has 0 aliphatic heterocycles. The van der Waals surface area contributed by atoms with E-state index < -0.39 is 22.0 Å². The van der Waals surface area contributed by atoms with Crippen molar-refractivity contribution >= 4 is 44.8 Å². The molecule has 196 valence electrons. The summed E-state index contributed by atoms with van der Waals surface area (Å²) >= 11 is 12.3. The number of hydrogen-bond acceptors (Lipinski definition) is 5. The molecule has 0 saturated carbocycles. The third-order valence-corrected chi connectivity index (χ3v) is 7.50. The van der Waals surface area contributed by atoms with E-state index in [1.807, 2.05) is 48.5 Å². The predicted molar refractivity (Wildman–Crippen MR) is 149 cm³/mol. The van der Waals surface area contributed by atoms with Gasteiger partial charge in [0, 0.05) is 5.02 Å². The number of ether oxygens (including phenoxy) is 2. The van der Waals surface area contributed by atoms with Crippen LogP contribution in [0.1, 0.15) is 5.56 Å². The molecule has 2 N–H and O–H groups in total.